The first-order valence-electron chi connectivity index (χ1n) is 10.8. The number of fused-ring (bicyclic) bond motifs is 1. The fourth-order valence-electron chi connectivity index (χ4n) is 4.78. The van der Waals surface area contributed by atoms with Crippen LogP contribution in [-0.4, -0.2) is 56.4 Å². The standard InChI is InChI=1S/C22H26N2O5S2/c25-22(17-4-1-9-23(15-17)31(26,27)21-6-3-13-30-21)24-10-2-5-18(24)16-7-8-19-20(14-16)29-12-11-28-19/h3,6-8,13-14,17-18H,1-2,4-5,9-12,15H2/t17-,18-/m1/s1. The summed E-state index contributed by atoms with van der Waals surface area (Å²) in [6.07, 6.45) is 3.26. The monoisotopic (exact) mass is 462 g/mol. The van der Waals surface area contributed by atoms with Crippen LogP contribution >= 0.6 is 11.3 Å². The van der Waals surface area contributed by atoms with Crippen molar-refractivity contribution < 1.29 is 22.7 Å². The molecule has 0 bridgehead atoms. The number of carbonyl (C=O) groups is 1. The van der Waals surface area contributed by atoms with Gasteiger partial charge < -0.3 is 14.4 Å². The first kappa shape index (κ1) is 20.8. The first-order valence-corrected chi connectivity index (χ1v) is 13.1. The Balaban J connectivity index is 1.33. The van der Waals surface area contributed by atoms with Gasteiger partial charge in [0.15, 0.2) is 11.5 Å². The Kier molecular flexibility index (Phi) is 5.66. The number of thiophene rings is 1. The Labute approximate surface area is 186 Å². The number of hydrogen-bond acceptors (Lipinski definition) is 6. The SMILES string of the molecule is O=C([C@@H]1CCCN(S(=O)(=O)c2cccs2)C1)N1CCC[C@@H]1c1ccc2c(c1)OCCO2. The molecule has 3 aliphatic rings. The van der Waals surface area contributed by atoms with E-state index in [0.29, 0.717) is 36.9 Å². The number of hydrogen-bond donors (Lipinski definition) is 0. The lowest BCUT2D eigenvalue weighted by atomic mass is 9.96. The summed E-state index contributed by atoms with van der Waals surface area (Å²) in [6.45, 7) is 2.50. The molecule has 3 aliphatic heterocycles. The highest BCUT2D eigenvalue weighted by Gasteiger charge is 2.39. The van der Waals surface area contributed by atoms with Crippen molar-refractivity contribution in [1.29, 1.82) is 0 Å². The zero-order chi connectivity index (χ0) is 21.4. The molecular weight excluding hydrogens is 436 g/mol. The topological polar surface area (TPSA) is 76.2 Å². The summed E-state index contributed by atoms with van der Waals surface area (Å²) in [5.74, 6) is 1.23. The maximum absolute atomic E-state index is 13.5. The Morgan fingerprint density at radius 1 is 1.03 bits per heavy atom. The molecular formula is C22H26N2O5S2. The van der Waals surface area contributed by atoms with E-state index in [1.165, 1.54) is 15.6 Å². The van der Waals surface area contributed by atoms with Gasteiger partial charge >= 0.3 is 0 Å². The molecule has 7 nitrogen and oxygen atoms in total. The molecule has 4 heterocycles. The first-order chi connectivity index (χ1) is 15.0. The number of rotatable bonds is 4. The van der Waals surface area contributed by atoms with Crippen LogP contribution in [-0.2, 0) is 14.8 Å². The molecule has 1 aromatic heterocycles. The summed E-state index contributed by atoms with van der Waals surface area (Å²) in [5.41, 5.74) is 1.05. The minimum Gasteiger partial charge on any atom is -0.486 e. The average molecular weight is 463 g/mol. The Morgan fingerprint density at radius 3 is 2.65 bits per heavy atom. The molecule has 5 rings (SSSR count). The van der Waals surface area contributed by atoms with E-state index >= 15 is 0 Å². The van der Waals surface area contributed by atoms with Crippen molar-refractivity contribution in [3.8, 4) is 11.5 Å². The third-order valence-electron chi connectivity index (χ3n) is 6.31. The number of carbonyl (C=O) groups excluding carboxylic acids is 1. The molecule has 0 N–H and O–H groups in total. The summed E-state index contributed by atoms with van der Waals surface area (Å²) in [7, 11) is -3.53. The summed E-state index contributed by atoms with van der Waals surface area (Å²) < 4.78 is 39.1. The summed E-state index contributed by atoms with van der Waals surface area (Å²) >= 11 is 1.22. The highest BCUT2D eigenvalue weighted by atomic mass is 32.2. The number of piperidine rings is 1. The van der Waals surface area contributed by atoms with Gasteiger partial charge in [0.2, 0.25) is 5.91 Å². The van der Waals surface area contributed by atoms with Crippen LogP contribution in [0.2, 0.25) is 0 Å². The minimum atomic E-state index is -3.53. The third-order valence-corrected chi connectivity index (χ3v) is 9.55. The lowest BCUT2D eigenvalue weighted by Gasteiger charge is -2.35. The van der Waals surface area contributed by atoms with Crippen molar-refractivity contribution in [2.45, 2.75) is 35.9 Å². The highest BCUT2D eigenvalue weighted by Crippen LogP contribution is 2.39. The van der Waals surface area contributed by atoms with Crippen molar-refractivity contribution in [2.75, 3.05) is 32.8 Å². The number of ether oxygens (including phenoxy) is 2. The molecule has 0 saturated carbocycles. The van der Waals surface area contributed by atoms with Gasteiger partial charge in [0, 0.05) is 19.6 Å². The van der Waals surface area contributed by atoms with Gasteiger partial charge in [-0.25, -0.2) is 8.42 Å². The van der Waals surface area contributed by atoms with Gasteiger partial charge in [0.1, 0.15) is 17.4 Å². The molecule has 2 atom stereocenters. The second-order valence-electron chi connectivity index (χ2n) is 8.23. The second-order valence-corrected chi connectivity index (χ2v) is 11.3. The van der Waals surface area contributed by atoms with Crippen LogP contribution in [0, 0.1) is 5.92 Å². The van der Waals surface area contributed by atoms with Gasteiger partial charge in [-0.05, 0) is 54.8 Å². The van der Waals surface area contributed by atoms with Crippen molar-refractivity contribution in [2.24, 2.45) is 5.92 Å². The minimum absolute atomic E-state index is 0.00685. The van der Waals surface area contributed by atoms with E-state index in [9.17, 15) is 13.2 Å². The molecule has 0 radical (unpaired) electrons. The lowest BCUT2D eigenvalue weighted by molar-refractivity contribution is -0.137. The Bertz CT molecular complexity index is 1050. The van der Waals surface area contributed by atoms with Gasteiger partial charge in [0.05, 0.1) is 12.0 Å². The van der Waals surface area contributed by atoms with Crippen LogP contribution in [0.3, 0.4) is 0 Å². The van der Waals surface area contributed by atoms with Crippen LogP contribution in [0.25, 0.3) is 0 Å². The zero-order valence-electron chi connectivity index (χ0n) is 17.2. The van der Waals surface area contributed by atoms with Crippen LogP contribution in [0.4, 0.5) is 0 Å². The van der Waals surface area contributed by atoms with Crippen molar-refractivity contribution in [3.63, 3.8) is 0 Å². The van der Waals surface area contributed by atoms with Crippen LogP contribution < -0.4 is 9.47 Å². The number of likely N-dealkylation sites (tertiary alicyclic amines) is 1. The molecule has 31 heavy (non-hydrogen) atoms. The van der Waals surface area contributed by atoms with Gasteiger partial charge in [-0.2, -0.15) is 4.31 Å². The second kappa shape index (κ2) is 8.44. The number of benzene rings is 1. The predicted molar refractivity (Wildman–Crippen MR) is 117 cm³/mol. The van der Waals surface area contributed by atoms with Crippen molar-refractivity contribution in [3.05, 3.63) is 41.3 Å². The Hall–Kier alpha value is -2.10. The zero-order valence-corrected chi connectivity index (χ0v) is 18.9. The van der Waals surface area contributed by atoms with E-state index in [-0.39, 0.29) is 24.4 Å². The van der Waals surface area contributed by atoms with Crippen LogP contribution in [0.1, 0.15) is 37.3 Å². The van der Waals surface area contributed by atoms with E-state index in [1.54, 1.807) is 17.5 Å². The fourth-order valence-corrected chi connectivity index (χ4v) is 7.45. The molecule has 1 aromatic carbocycles. The molecule has 9 heteroatoms. The molecule has 166 valence electrons. The maximum atomic E-state index is 13.5. The molecule has 2 saturated heterocycles. The number of nitrogens with zero attached hydrogens (tertiary/aromatic N) is 2. The molecule has 0 aliphatic carbocycles. The molecule has 2 aromatic rings. The fraction of sp³-hybridized carbons (Fsp3) is 0.500. The quantitative estimate of drug-likeness (QED) is 0.697. The largest absolute Gasteiger partial charge is 0.486 e. The van der Waals surface area contributed by atoms with E-state index in [1.807, 2.05) is 23.1 Å². The summed E-state index contributed by atoms with van der Waals surface area (Å²) in [4.78, 5) is 15.4. The highest BCUT2D eigenvalue weighted by molar-refractivity contribution is 7.91. The smallest absolute Gasteiger partial charge is 0.252 e. The molecule has 0 unspecified atom stereocenters. The maximum Gasteiger partial charge on any atom is 0.252 e. The molecule has 0 spiro atoms. The Morgan fingerprint density at radius 2 is 1.84 bits per heavy atom. The molecule has 2 fully saturated rings. The van der Waals surface area contributed by atoms with E-state index in [2.05, 4.69) is 0 Å². The summed E-state index contributed by atoms with van der Waals surface area (Å²) in [5, 5.41) is 1.77. The van der Waals surface area contributed by atoms with E-state index in [0.717, 1.165) is 36.3 Å². The molecule has 1 amide bonds. The van der Waals surface area contributed by atoms with Crippen LogP contribution in [0.5, 0.6) is 11.5 Å². The number of sulfonamides is 1. The number of amides is 1. The normalized spacial score (nSPS) is 24.3. The average Bonchev–Trinajstić information content (AvgIpc) is 3.51. The summed E-state index contributed by atoms with van der Waals surface area (Å²) in [6, 6.07) is 9.28. The lowest BCUT2D eigenvalue weighted by Crippen LogP contribution is -2.46. The van der Waals surface area contributed by atoms with E-state index in [4.69, 9.17) is 9.47 Å². The van der Waals surface area contributed by atoms with Crippen LogP contribution in [0.15, 0.2) is 39.9 Å². The van der Waals surface area contributed by atoms with E-state index < -0.39 is 10.0 Å². The van der Waals surface area contributed by atoms with Gasteiger partial charge in [-0.3, -0.25) is 4.79 Å². The third kappa shape index (κ3) is 3.94. The predicted octanol–water partition coefficient (Wildman–Crippen LogP) is 3.28. The van der Waals surface area contributed by atoms with Gasteiger partial charge in [0.25, 0.3) is 10.0 Å². The van der Waals surface area contributed by atoms with Gasteiger partial charge in [-0.1, -0.05) is 12.1 Å². The van der Waals surface area contributed by atoms with Crippen molar-refractivity contribution >= 4 is 27.3 Å². The van der Waals surface area contributed by atoms with Crippen molar-refractivity contribution in [1.82, 2.24) is 9.21 Å². The van der Waals surface area contributed by atoms with Gasteiger partial charge in [-0.15, -0.1) is 11.3 Å².